The molecule has 4 aromatic rings. The van der Waals surface area contributed by atoms with E-state index in [0.717, 1.165) is 0 Å². The Morgan fingerprint density at radius 2 is 1.97 bits per heavy atom. The lowest BCUT2D eigenvalue weighted by Crippen LogP contribution is -2.22. The molecular weight excluding hydrogens is 457 g/mol. The van der Waals surface area contributed by atoms with Gasteiger partial charge in [0.25, 0.3) is 0 Å². The van der Waals surface area contributed by atoms with Crippen molar-refractivity contribution in [2.45, 2.75) is 37.6 Å². The minimum absolute atomic E-state index is 0.144. The number of benzene rings is 2. The van der Waals surface area contributed by atoms with E-state index in [1.165, 1.54) is 18.5 Å². The van der Waals surface area contributed by atoms with Crippen molar-refractivity contribution in [2.75, 3.05) is 11.6 Å². The molecular formula is C24H24FN5O3S. The maximum absolute atomic E-state index is 14.7. The Balaban J connectivity index is 1.48. The van der Waals surface area contributed by atoms with Gasteiger partial charge in [0.15, 0.2) is 0 Å². The number of nitrogens with zero attached hydrogens (tertiary/aromatic N) is 4. The zero-order valence-corrected chi connectivity index (χ0v) is 20.0. The third-order valence-corrected chi connectivity index (χ3v) is 5.96. The summed E-state index contributed by atoms with van der Waals surface area (Å²) < 4.78 is 34.1. The molecule has 2 heterocycles. The number of fused-ring (bicyclic) bond motifs is 1. The summed E-state index contributed by atoms with van der Waals surface area (Å²) in [4.78, 5) is 21.3. The van der Waals surface area contributed by atoms with Crippen molar-refractivity contribution in [1.82, 2.24) is 19.7 Å². The van der Waals surface area contributed by atoms with Gasteiger partial charge in [0, 0.05) is 34.2 Å². The Bertz CT molecular complexity index is 1400. The topological polar surface area (TPSA) is 99.0 Å². The van der Waals surface area contributed by atoms with Gasteiger partial charge in [-0.1, -0.05) is 6.07 Å². The summed E-state index contributed by atoms with van der Waals surface area (Å²) in [5.74, 6) is -0.496. The van der Waals surface area contributed by atoms with Crippen LogP contribution in [-0.2, 0) is 27.6 Å². The lowest BCUT2D eigenvalue weighted by Gasteiger charge is -2.18. The van der Waals surface area contributed by atoms with E-state index >= 15 is 0 Å². The van der Waals surface area contributed by atoms with E-state index in [9.17, 15) is 13.4 Å². The van der Waals surface area contributed by atoms with Crippen molar-refractivity contribution < 1.29 is 18.1 Å². The Kier molecular flexibility index (Phi) is 6.43. The summed E-state index contributed by atoms with van der Waals surface area (Å²) >= 11 is 0. The second-order valence-electron chi connectivity index (χ2n) is 8.74. The monoisotopic (exact) mass is 481 g/mol. The van der Waals surface area contributed by atoms with Crippen molar-refractivity contribution in [1.29, 1.82) is 0 Å². The lowest BCUT2D eigenvalue weighted by molar-refractivity contribution is -0.115. The highest BCUT2D eigenvalue weighted by Gasteiger charge is 2.16. The molecule has 0 saturated carbocycles. The molecule has 34 heavy (non-hydrogen) atoms. The fourth-order valence-corrected chi connectivity index (χ4v) is 3.79. The van der Waals surface area contributed by atoms with Gasteiger partial charge in [0.2, 0.25) is 11.8 Å². The number of ether oxygens (including phenoxy) is 1. The SMILES string of the molecule is CS(=O)c1ccc2ncnc(Oc3ccc(CC(=O)Nc4cnn(C(C)(C)C)c4)c(F)c3)c2c1. The second kappa shape index (κ2) is 9.30. The van der Waals surface area contributed by atoms with Gasteiger partial charge in [-0.15, -0.1) is 0 Å². The summed E-state index contributed by atoms with van der Waals surface area (Å²) in [5, 5.41) is 7.54. The second-order valence-corrected chi connectivity index (χ2v) is 10.1. The highest BCUT2D eigenvalue weighted by Crippen LogP contribution is 2.29. The Morgan fingerprint density at radius 3 is 2.65 bits per heavy atom. The van der Waals surface area contributed by atoms with Gasteiger partial charge in [-0.3, -0.25) is 13.7 Å². The summed E-state index contributed by atoms with van der Waals surface area (Å²) in [6.45, 7) is 6.00. The molecule has 0 radical (unpaired) electrons. The number of rotatable bonds is 6. The van der Waals surface area contributed by atoms with E-state index in [4.69, 9.17) is 4.74 Å². The lowest BCUT2D eigenvalue weighted by atomic mass is 10.1. The van der Waals surface area contributed by atoms with Crippen LogP contribution in [0, 0.1) is 5.82 Å². The molecule has 10 heteroatoms. The van der Waals surface area contributed by atoms with E-state index in [1.54, 1.807) is 47.6 Å². The van der Waals surface area contributed by atoms with Crippen LogP contribution >= 0.6 is 0 Å². The van der Waals surface area contributed by atoms with Gasteiger partial charge >= 0.3 is 0 Å². The van der Waals surface area contributed by atoms with Crippen molar-refractivity contribution in [3.05, 3.63) is 66.5 Å². The third kappa shape index (κ3) is 5.28. The zero-order valence-electron chi connectivity index (χ0n) is 19.2. The molecule has 2 aromatic carbocycles. The van der Waals surface area contributed by atoms with Crippen LogP contribution in [0.5, 0.6) is 11.6 Å². The molecule has 4 rings (SSSR count). The molecule has 0 bridgehead atoms. The van der Waals surface area contributed by atoms with E-state index in [0.29, 0.717) is 21.5 Å². The molecule has 1 amide bonds. The standard InChI is InChI=1S/C24H24FN5O3S/c1-24(2,3)30-13-16(12-28-30)29-22(31)9-15-5-6-17(10-20(15)25)33-23-19-11-18(34(4)32)7-8-21(19)26-14-27-23/h5-8,10-14H,9H2,1-4H3,(H,29,31). The number of anilines is 1. The average Bonchev–Trinajstić information content (AvgIpc) is 3.24. The summed E-state index contributed by atoms with van der Waals surface area (Å²) in [6, 6.07) is 9.42. The molecule has 0 aliphatic carbocycles. The Morgan fingerprint density at radius 1 is 1.18 bits per heavy atom. The maximum atomic E-state index is 14.7. The van der Waals surface area contributed by atoms with Crippen LogP contribution in [0.3, 0.4) is 0 Å². The molecule has 0 aliphatic rings. The van der Waals surface area contributed by atoms with E-state index in [-0.39, 0.29) is 35.1 Å². The van der Waals surface area contributed by atoms with E-state index in [1.807, 2.05) is 20.8 Å². The van der Waals surface area contributed by atoms with Crippen LogP contribution in [-0.4, -0.2) is 36.1 Å². The molecule has 0 fully saturated rings. The number of nitrogens with one attached hydrogen (secondary N) is 1. The fraction of sp³-hybridized carbons (Fsp3) is 0.250. The van der Waals surface area contributed by atoms with Crippen LogP contribution < -0.4 is 10.1 Å². The fourth-order valence-electron chi connectivity index (χ4n) is 3.25. The first kappa shape index (κ1) is 23.5. The summed E-state index contributed by atoms with van der Waals surface area (Å²) in [7, 11) is -1.18. The van der Waals surface area contributed by atoms with Crippen LogP contribution in [0.25, 0.3) is 10.9 Å². The predicted molar refractivity (Wildman–Crippen MR) is 128 cm³/mol. The van der Waals surface area contributed by atoms with Gasteiger partial charge in [0.1, 0.15) is 17.9 Å². The number of halogens is 1. The molecule has 0 saturated heterocycles. The van der Waals surface area contributed by atoms with Gasteiger partial charge in [0.05, 0.1) is 34.7 Å². The predicted octanol–water partition coefficient (Wildman–Crippen LogP) is 4.43. The molecule has 0 aliphatic heterocycles. The number of carbonyl (C=O) groups is 1. The smallest absolute Gasteiger partial charge is 0.230 e. The zero-order chi connectivity index (χ0) is 24.5. The number of hydrogen-bond donors (Lipinski definition) is 1. The summed E-state index contributed by atoms with van der Waals surface area (Å²) in [6.07, 6.45) is 6.07. The molecule has 1 atom stereocenters. The average molecular weight is 482 g/mol. The van der Waals surface area contributed by atoms with Gasteiger partial charge in [-0.25, -0.2) is 14.4 Å². The molecule has 2 aromatic heterocycles. The van der Waals surface area contributed by atoms with Crippen molar-refractivity contribution in [3.63, 3.8) is 0 Å². The quantitative estimate of drug-likeness (QED) is 0.437. The number of carbonyl (C=O) groups excluding carboxylic acids is 1. The van der Waals surface area contributed by atoms with E-state index < -0.39 is 16.6 Å². The van der Waals surface area contributed by atoms with Crippen LogP contribution in [0.2, 0.25) is 0 Å². The number of hydrogen-bond acceptors (Lipinski definition) is 6. The molecule has 176 valence electrons. The Hall–Kier alpha value is -3.66. The van der Waals surface area contributed by atoms with Crippen molar-refractivity contribution >= 4 is 33.3 Å². The number of aromatic nitrogens is 4. The minimum atomic E-state index is -1.18. The highest BCUT2D eigenvalue weighted by atomic mass is 32.2. The van der Waals surface area contributed by atoms with Crippen LogP contribution in [0.4, 0.5) is 10.1 Å². The molecule has 1 unspecified atom stereocenters. The van der Waals surface area contributed by atoms with Gasteiger partial charge in [-0.2, -0.15) is 5.10 Å². The first-order valence-corrected chi connectivity index (χ1v) is 12.1. The first-order valence-electron chi connectivity index (χ1n) is 10.5. The van der Waals surface area contributed by atoms with Crippen molar-refractivity contribution in [2.24, 2.45) is 0 Å². The Labute approximate surface area is 198 Å². The molecule has 8 nitrogen and oxygen atoms in total. The largest absolute Gasteiger partial charge is 0.438 e. The first-order chi connectivity index (χ1) is 16.1. The normalized spacial score (nSPS) is 12.5. The van der Waals surface area contributed by atoms with Crippen LogP contribution in [0.1, 0.15) is 26.3 Å². The van der Waals surface area contributed by atoms with Crippen molar-refractivity contribution in [3.8, 4) is 11.6 Å². The van der Waals surface area contributed by atoms with E-state index in [2.05, 4.69) is 20.4 Å². The third-order valence-electron chi connectivity index (χ3n) is 5.05. The minimum Gasteiger partial charge on any atom is -0.438 e. The highest BCUT2D eigenvalue weighted by molar-refractivity contribution is 7.84. The van der Waals surface area contributed by atoms with Crippen LogP contribution in [0.15, 0.2) is 60.0 Å². The van der Waals surface area contributed by atoms with Gasteiger partial charge < -0.3 is 10.1 Å². The summed E-state index contributed by atoms with van der Waals surface area (Å²) in [5.41, 5.74) is 1.17. The maximum Gasteiger partial charge on any atom is 0.230 e. The number of amides is 1. The van der Waals surface area contributed by atoms with Gasteiger partial charge in [-0.05, 0) is 50.6 Å². The molecule has 0 spiro atoms. The molecule has 1 N–H and O–H groups in total.